The molecule has 1 unspecified atom stereocenters. The molecule has 0 aliphatic carbocycles. The van der Waals surface area contributed by atoms with E-state index in [1.54, 1.807) is 30.4 Å². The minimum atomic E-state index is -0.979. The Morgan fingerprint density at radius 1 is 1.05 bits per heavy atom. The summed E-state index contributed by atoms with van der Waals surface area (Å²) < 4.78 is 12.2. The highest BCUT2D eigenvalue weighted by Crippen LogP contribution is 2.45. The van der Waals surface area contributed by atoms with Crippen LogP contribution in [0.5, 0.6) is 11.5 Å². The highest BCUT2D eigenvalue weighted by Gasteiger charge is 2.45. The van der Waals surface area contributed by atoms with Crippen LogP contribution in [0.2, 0.25) is 0 Å². The molecule has 0 saturated heterocycles. The summed E-state index contributed by atoms with van der Waals surface area (Å²) in [6.45, 7) is 6.18. The molecule has 0 saturated carbocycles. The van der Waals surface area contributed by atoms with Crippen molar-refractivity contribution in [1.82, 2.24) is 10.2 Å². The van der Waals surface area contributed by atoms with Gasteiger partial charge in [0, 0.05) is 5.75 Å². The topological polar surface area (TPSA) is 102 Å². The summed E-state index contributed by atoms with van der Waals surface area (Å²) in [6, 6.07) is 23.4. The first-order valence-electron chi connectivity index (χ1n) is 13.5. The van der Waals surface area contributed by atoms with Crippen LogP contribution in [0.1, 0.15) is 29.7 Å². The smallest absolute Gasteiger partial charge is 0.296 e. The van der Waals surface area contributed by atoms with Gasteiger partial charge in [-0.3, -0.25) is 14.5 Å². The van der Waals surface area contributed by atoms with Crippen molar-refractivity contribution in [3.63, 3.8) is 0 Å². The van der Waals surface area contributed by atoms with Gasteiger partial charge >= 0.3 is 0 Å². The van der Waals surface area contributed by atoms with Crippen LogP contribution in [0.25, 0.3) is 6.08 Å². The summed E-state index contributed by atoms with van der Waals surface area (Å²) in [5, 5.41) is 20.0. The van der Waals surface area contributed by atoms with Crippen LogP contribution in [-0.4, -0.2) is 40.2 Å². The molecule has 0 spiro atoms. The first-order chi connectivity index (χ1) is 21.0. The molecule has 10 heteroatoms. The fourth-order valence-electron chi connectivity index (χ4n) is 4.50. The number of nitrogens with zero attached hydrogens (tertiary/aromatic N) is 3. The Hall–Kier alpha value is -4.67. The molecule has 1 aliphatic heterocycles. The number of hydrogen-bond acceptors (Lipinski definition) is 9. The maximum absolute atomic E-state index is 13.6. The maximum atomic E-state index is 13.6. The summed E-state index contributed by atoms with van der Waals surface area (Å²) in [7, 11) is 0. The molecule has 1 aliphatic rings. The van der Waals surface area contributed by atoms with Crippen LogP contribution in [0.15, 0.2) is 113 Å². The third-order valence-electron chi connectivity index (χ3n) is 6.45. The van der Waals surface area contributed by atoms with Crippen LogP contribution in [0, 0.1) is 0 Å². The number of ether oxygens (including phenoxy) is 2. The van der Waals surface area contributed by atoms with Crippen LogP contribution in [-0.2, 0) is 15.3 Å². The Morgan fingerprint density at radius 2 is 1.79 bits per heavy atom. The molecule has 1 aromatic heterocycles. The van der Waals surface area contributed by atoms with Gasteiger partial charge in [0.25, 0.3) is 5.91 Å². The summed E-state index contributed by atoms with van der Waals surface area (Å²) in [5.41, 5.74) is 2.41. The molecule has 1 amide bonds. The second-order valence-corrected chi connectivity index (χ2v) is 11.5. The van der Waals surface area contributed by atoms with Crippen molar-refractivity contribution < 1.29 is 24.2 Å². The van der Waals surface area contributed by atoms with Gasteiger partial charge in [-0.05, 0) is 41.8 Å². The minimum Gasteiger partial charge on any atom is -0.503 e. The van der Waals surface area contributed by atoms with E-state index >= 15 is 0 Å². The number of hydrogen-bond donors (Lipinski definition) is 1. The number of amides is 1. The molecule has 43 heavy (non-hydrogen) atoms. The lowest BCUT2D eigenvalue weighted by Gasteiger charge is -2.24. The fourth-order valence-corrected chi connectivity index (χ4v) is 6.33. The second kappa shape index (κ2) is 14.0. The summed E-state index contributed by atoms with van der Waals surface area (Å²) in [5.74, 6) is -0.275. The van der Waals surface area contributed by atoms with Crippen LogP contribution in [0.3, 0.4) is 0 Å². The molecular formula is C33H29N3O5S2. The van der Waals surface area contributed by atoms with Crippen LogP contribution >= 0.6 is 23.1 Å². The van der Waals surface area contributed by atoms with Gasteiger partial charge in [0.1, 0.15) is 6.61 Å². The van der Waals surface area contributed by atoms with E-state index in [9.17, 15) is 14.7 Å². The summed E-state index contributed by atoms with van der Waals surface area (Å²) in [6.07, 6.45) is 4.63. The molecule has 1 N–H and O–H groups in total. The number of carbonyl (C=O) groups excluding carboxylic acids is 2. The molecule has 218 valence electrons. The SMILES string of the molecule is C=CCOc1ccc(C2C(C(=O)C=Cc3ccccc3)=C(O)C(=O)N2c2nnc(SCc3ccccc3)s2)cc1OCC. The molecule has 1 atom stereocenters. The van der Waals surface area contributed by atoms with Gasteiger partial charge in [0.15, 0.2) is 27.4 Å². The number of benzene rings is 3. The van der Waals surface area contributed by atoms with E-state index in [0.717, 1.165) is 11.1 Å². The molecule has 8 nitrogen and oxygen atoms in total. The Kier molecular flexibility index (Phi) is 9.70. The number of aliphatic hydroxyl groups is 1. The van der Waals surface area contributed by atoms with Crippen molar-refractivity contribution >= 4 is 46.0 Å². The van der Waals surface area contributed by atoms with E-state index in [0.29, 0.717) is 33.8 Å². The highest BCUT2D eigenvalue weighted by atomic mass is 32.2. The summed E-state index contributed by atoms with van der Waals surface area (Å²) in [4.78, 5) is 28.5. The monoisotopic (exact) mass is 611 g/mol. The quantitative estimate of drug-likeness (QED) is 0.0748. The van der Waals surface area contributed by atoms with Crippen molar-refractivity contribution in [2.75, 3.05) is 18.1 Å². The molecule has 0 radical (unpaired) electrons. The summed E-state index contributed by atoms with van der Waals surface area (Å²) >= 11 is 2.71. The first-order valence-corrected chi connectivity index (χ1v) is 15.3. The molecular weight excluding hydrogens is 583 g/mol. The zero-order chi connectivity index (χ0) is 30.2. The normalized spacial score (nSPS) is 14.9. The van der Waals surface area contributed by atoms with Crippen molar-refractivity contribution in [3.8, 4) is 11.5 Å². The van der Waals surface area contributed by atoms with E-state index in [-0.39, 0.29) is 17.3 Å². The predicted octanol–water partition coefficient (Wildman–Crippen LogP) is 6.98. The standard InChI is InChI=1S/C33H29N3O5S2/c1-3-19-41-26-18-16-24(20-27(26)40-4-2)29-28(25(37)17-15-22-11-7-5-8-12-22)30(38)31(39)36(29)32-34-35-33(43-32)42-21-23-13-9-6-10-14-23/h3,5-18,20,29,38H,1,4,19,21H2,2H3. The van der Waals surface area contributed by atoms with Gasteiger partial charge in [0.2, 0.25) is 5.13 Å². The van der Waals surface area contributed by atoms with E-state index < -0.39 is 23.5 Å². The number of thioether (sulfide) groups is 1. The maximum Gasteiger partial charge on any atom is 0.296 e. The van der Waals surface area contributed by atoms with Crippen LogP contribution in [0.4, 0.5) is 5.13 Å². The Labute approximate surface area is 258 Å². The molecule has 0 fully saturated rings. The third-order valence-corrected chi connectivity index (χ3v) is 8.57. The Morgan fingerprint density at radius 3 is 2.51 bits per heavy atom. The highest BCUT2D eigenvalue weighted by molar-refractivity contribution is 8.00. The molecule has 5 rings (SSSR count). The van der Waals surface area contributed by atoms with Crippen molar-refractivity contribution in [2.45, 2.75) is 23.1 Å². The molecule has 0 bridgehead atoms. The van der Waals surface area contributed by atoms with Gasteiger partial charge in [-0.2, -0.15) is 0 Å². The lowest BCUT2D eigenvalue weighted by atomic mass is 9.95. The predicted molar refractivity (Wildman–Crippen MR) is 170 cm³/mol. The zero-order valence-electron chi connectivity index (χ0n) is 23.4. The average molecular weight is 612 g/mol. The van der Waals surface area contributed by atoms with E-state index in [1.807, 2.05) is 67.6 Å². The lowest BCUT2D eigenvalue weighted by molar-refractivity contribution is -0.117. The average Bonchev–Trinajstić information content (AvgIpc) is 3.61. The van der Waals surface area contributed by atoms with Gasteiger partial charge in [0.05, 0.1) is 18.2 Å². The van der Waals surface area contributed by atoms with Gasteiger partial charge in [-0.1, -0.05) is 109 Å². The van der Waals surface area contributed by atoms with Crippen molar-refractivity contribution in [3.05, 3.63) is 126 Å². The number of aliphatic hydroxyl groups excluding tert-OH is 1. The van der Waals surface area contributed by atoms with E-state index in [2.05, 4.69) is 16.8 Å². The number of carbonyl (C=O) groups is 2. The molecule has 4 aromatic rings. The molecule has 2 heterocycles. The Balaban J connectivity index is 1.52. The minimum absolute atomic E-state index is 0.0620. The fraction of sp³-hybridized carbons (Fsp3) is 0.152. The number of anilines is 1. The van der Waals surface area contributed by atoms with Crippen molar-refractivity contribution in [1.29, 1.82) is 0 Å². The second-order valence-electron chi connectivity index (χ2n) is 9.31. The lowest BCUT2D eigenvalue weighted by Crippen LogP contribution is -2.31. The molecule has 3 aromatic carbocycles. The Bertz CT molecular complexity index is 1670. The first kappa shape index (κ1) is 29.8. The number of allylic oxidation sites excluding steroid dienone is 1. The van der Waals surface area contributed by atoms with Gasteiger partial charge in [-0.15, -0.1) is 10.2 Å². The van der Waals surface area contributed by atoms with E-state index in [4.69, 9.17) is 9.47 Å². The zero-order valence-corrected chi connectivity index (χ0v) is 25.0. The van der Waals surface area contributed by atoms with E-state index in [1.165, 1.54) is 34.1 Å². The largest absolute Gasteiger partial charge is 0.503 e. The van der Waals surface area contributed by atoms with Crippen molar-refractivity contribution in [2.24, 2.45) is 0 Å². The van der Waals surface area contributed by atoms with Gasteiger partial charge in [-0.25, -0.2) is 0 Å². The van der Waals surface area contributed by atoms with Crippen LogP contribution < -0.4 is 14.4 Å². The van der Waals surface area contributed by atoms with Gasteiger partial charge < -0.3 is 14.6 Å². The number of aromatic nitrogens is 2. The third kappa shape index (κ3) is 6.87. The number of rotatable bonds is 13. The number of ketones is 1.